The Bertz CT molecular complexity index is 703. The molecule has 2 N–H and O–H groups in total. The van der Waals surface area contributed by atoms with Crippen molar-refractivity contribution in [1.82, 2.24) is 5.32 Å². The molecule has 0 bridgehead atoms. The summed E-state index contributed by atoms with van der Waals surface area (Å²) >= 11 is 5.80. The standard InChI is InChI=1S/C17H18ClNO3S/c1-23(22)11-12-3-2-4-14(9-12)17(21)19-10-16(20)13-5-7-15(18)8-6-13/h2-9,16,20H,10-11H2,1H3,(H,19,21)/t16-,23-/m1/s1. The van der Waals surface area contributed by atoms with Crippen LogP contribution in [0.5, 0.6) is 0 Å². The Hall–Kier alpha value is -1.69. The van der Waals surface area contributed by atoms with Gasteiger partial charge in [-0.05, 0) is 35.4 Å². The average molecular weight is 352 g/mol. The van der Waals surface area contributed by atoms with Crippen LogP contribution in [-0.2, 0) is 16.6 Å². The highest BCUT2D eigenvalue weighted by atomic mass is 35.5. The van der Waals surface area contributed by atoms with Gasteiger partial charge in [0.05, 0.1) is 6.10 Å². The average Bonchev–Trinajstić information content (AvgIpc) is 2.52. The van der Waals surface area contributed by atoms with Gasteiger partial charge in [0.1, 0.15) is 0 Å². The molecule has 23 heavy (non-hydrogen) atoms. The maximum Gasteiger partial charge on any atom is 0.251 e. The molecule has 4 nitrogen and oxygen atoms in total. The van der Waals surface area contributed by atoms with E-state index >= 15 is 0 Å². The zero-order chi connectivity index (χ0) is 16.8. The van der Waals surface area contributed by atoms with E-state index in [-0.39, 0.29) is 12.5 Å². The molecule has 6 heteroatoms. The minimum absolute atomic E-state index is 0.102. The quantitative estimate of drug-likeness (QED) is 0.840. The molecule has 0 aliphatic rings. The predicted molar refractivity (Wildman–Crippen MR) is 93.0 cm³/mol. The van der Waals surface area contributed by atoms with Gasteiger partial charge in [0.2, 0.25) is 0 Å². The molecule has 0 heterocycles. The van der Waals surface area contributed by atoms with Gasteiger partial charge in [-0.25, -0.2) is 0 Å². The molecular weight excluding hydrogens is 334 g/mol. The molecule has 0 radical (unpaired) electrons. The molecule has 122 valence electrons. The van der Waals surface area contributed by atoms with Crippen molar-refractivity contribution in [1.29, 1.82) is 0 Å². The van der Waals surface area contributed by atoms with Crippen LogP contribution < -0.4 is 5.32 Å². The largest absolute Gasteiger partial charge is 0.387 e. The number of rotatable bonds is 6. The van der Waals surface area contributed by atoms with Gasteiger partial charge >= 0.3 is 0 Å². The number of nitrogens with one attached hydrogen (secondary N) is 1. The normalized spacial score (nSPS) is 13.3. The van der Waals surface area contributed by atoms with Crippen LogP contribution in [0.25, 0.3) is 0 Å². The fraction of sp³-hybridized carbons (Fsp3) is 0.235. The predicted octanol–water partition coefficient (Wildman–Crippen LogP) is 2.68. The number of carbonyl (C=O) groups is 1. The molecule has 0 unspecified atom stereocenters. The fourth-order valence-electron chi connectivity index (χ4n) is 2.13. The van der Waals surface area contributed by atoms with Crippen LogP contribution in [0.15, 0.2) is 48.5 Å². The number of aliphatic hydroxyl groups excluding tert-OH is 1. The van der Waals surface area contributed by atoms with E-state index in [9.17, 15) is 14.1 Å². The Kier molecular flexibility index (Phi) is 6.33. The number of halogens is 1. The first-order valence-corrected chi connectivity index (χ1v) is 9.17. The topological polar surface area (TPSA) is 66.4 Å². The second kappa shape index (κ2) is 8.24. The lowest BCUT2D eigenvalue weighted by Gasteiger charge is -2.13. The van der Waals surface area contributed by atoms with Gasteiger partial charge in [0.15, 0.2) is 0 Å². The maximum absolute atomic E-state index is 12.2. The van der Waals surface area contributed by atoms with Crippen molar-refractivity contribution in [3.05, 3.63) is 70.2 Å². The lowest BCUT2D eigenvalue weighted by atomic mass is 10.1. The summed E-state index contributed by atoms with van der Waals surface area (Å²) in [5.74, 6) is 0.135. The lowest BCUT2D eigenvalue weighted by molar-refractivity contribution is 0.0916. The van der Waals surface area contributed by atoms with E-state index in [2.05, 4.69) is 5.32 Å². The van der Waals surface area contributed by atoms with E-state index in [0.29, 0.717) is 21.9 Å². The van der Waals surface area contributed by atoms with E-state index in [1.54, 1.807) is 48.7 Å². The summed E-state index contributed by atoms with van der Waals surface area (Å²) < 4.78 is 11.3. The molecule has 0 saturated heterocycles. The van der Waals surface area contributed by atoms with Crippen molar-refractivity contribution in [2.75, 3.05) is 12.8 Å². The molecular formula is C17H18ClNO3S. The molecule has 2 aromatic carbocycles. The Morgan fingerprint density at radius 2 is 1.96 bits per heavy atom. The molecule has 0 aliphatic carbocycles. The van der Waals surface area contributed by atoms with Gasteiger partial charge in [0.25, 0.3) is 5.91 Å². The second-order valence-electron chi connectivity index (χ2n) is 5.20. The summed E-state index contributed by atoms with van der Waals surface area (Å²) in [6, 6.07) is 13.8. The van der Waals surface area contributed by atoms with E-state index in [0.717, 1.165) is 5.56 Å². The van der Waals surface area contributed by atoms with Gasteiger partial charge in [-0.3, -0.25) is 9.00 Å². The Morgan fingerprint density at radius 1 is 1.26 bits per heavy atom. The second-order valence-corrected chi connectivity index (χ2v) is 7.07. The van der Waals surface area contributed by atoms with E-state index < -0.39 is 16.9 Å². The van der Waals surface area contributed by atoms with Crippen LogP contribution in [0.2, 0.25) is 5.02 Å². The Balaban J connectivity index is 1.96. The monoisotopic (exact) mass is 351 g/mol. The number of carbonyl (C=O) groups excluding carboxylic acids is 1. The first-order valence-electron chi connectivity index (χ1n) is 7.06. The summed E-state index contributed by atoms with van der Waals surface area (Å²) in [4.78, 5) is 12.2. The van der Waals surface area contributed by atoms with Crippen LogP contribution in [0, 0.1) is 0 Å². The SMILES string of the molecule is C[S@@](=O)Cc1cccc(C(=O)NC[C@@H](O)c2ccc(Cl)cc2)c1. The molecule has 0 fully saturated rings. The summed E-state index contributed by atoms with van der Waals surface area (Å²) in [5.41, 5.74) is 2.01. The van der Waals surface area contributed by atoms with Crippen molar-refractivity contribution in [2.45, 2.75) is 11.9 Å². The van der Waals surface area contributed by atoms with Gasteiger partial charge in [-0.1, -0.05) is 35.9 Å². The van der Waals surface area contributed by atoms with E-state index in [4.69, 9.17) is 11.6 Å². The third-order valence-electron chi connectivity index (χ3n) is 3.27. The van der Waals surface area contributed by atoms with Crippen molar-refractivity contribution in [2.24, 2.45) is 0 Å². The molecule has 0 saturated carbocycles. The molecule has 0 aromatic heterocycles. The van der Waals surface area contributed by atoms with Gasteiger partial charge < -0.3 is 10.4 Å². The van der Waals surface area contributed by atoms with E-state index in [1.807, 2.05) is 6.07 Å². The van der Waals surface area contributed by atoms with Crippen molar-refractivity contribution >= 4 is 28.3 Å². The van der Waals surface area contributed by atoms with Crippen LogP contribution in [0.4, 0.5) is 0 Å². The summed E-state index contributed by atoms with van der Waals surface area (Å²) in [7, 11) is -0.959. The zero-order valence-corrected chi connectivity index (χ0v) is 14.2. The minimum Gasteiger partial charge on any atom is -0.387 e. The lowest BCUT2D eigenvalue weighted by Crippen LogP contribution is -2.28. The van der Waals surface area contributed by atoms with Crippen LogP contribution in [0.3, 0.4) is 0 Å². The highest BCUT2D eigenvalue weighted by molar-refractivity contribution is 7.83. The Labute approximate surface area is 142 Å². The number of aliphatic hydroxyl groups is 1. The number of benzene rings is 2. The summed E-state index contributed by atoms with van der Waals surface area (Å²) in [5, 5.41) is 13.4. The maximum atomic E-state index is 12.2. The highest BCUT2D eigenvalue weighted by Crippen LogP contribution is 2.16. The third kappa shape index (κ3) is 5.46. The number of hydrogen-bond acceptors (Lipinski definition) is 3. The molecule has 0 aliphatic heterocycles. The van der Waals surface area contributed by atoms with Gasteiger partial charge in [-0.15, -0.1) is 0 Å². The minimum atomic E-state index is -0.959. The van der Waals surface area contributed by atoms with Gasteiger partial charge in [0, 0.05) is 39.9 Å². The zero-order valence-electron chi connectivity index (χ0n) is 12.7. The first kappa shape index (κ1) is 17.7. The number of amides is 1. The molecule has 1 amide bonds. The number of hydrogen-bond donors (Lipinski definition) is 2. The van der Waals surface area contributed by atoms with Gasteiger partial charge in [-0.2, -0.15) is 0 Å². The summed E-state index contributed by atoms with van der Waals surface area (Å²) in [6.07, 6.45) is 0.817. The first-order chi connectivity index (χ1) is 11.0. The van der Waals surface area contributed by atoms with Crippen molar-refractivity contribution in [3.63, 3.8) is 0 Å². The molecule has 2 atom stereocenters. The highest BCUT2D eigenvalue weighted by Gasteiger charge is 2.11. The van der Waals surface area contributed by atoms with Crippen molar-refractivity contribution in [3.8, 4) is 0 Å². The third-order valence-corrected chi connectivity index (χ3v) is 4.26. The molecule has 0 spiro atoms. The van der Waals surface area contributed by atoms with Crippen LogP contribution in [-0.4, -0.2) is 28.0 Å². The van der Waals surface area contributed by atoms with Crippen molar-refractivity contribution < 1.29 is 14.1 Å². The summed E-state index contributed by atoms with van der Waals surface area (Å²) in [6.45, 7) is 0.102. The Morgan fingerprint density at radius 3 is 2.61 bits per heavy atom. The van der Waals surface area contributed by atoms with Crippen LogP contribution >= 0.6 is 11.6 Å². The van der Waals surface area contributed by atoms with Crippen LogP contribution in [0.1, 0.15) is 27.6 Å². The smallest absolute Gasteiger partial charge is 0.251 e. The molecule has 2 aromatic rings. The van der Waals surface area contributed by atoms with E-state index in [1.165, 1.54) is 0 Å². The fourth-order valence-corrected chi connectivity index (χ4v) is 2.91. The molecule has 2 rings (SSSR count).